The molecule has 60 valence electrons. The highest BCUT2D eigenvalue weighted by Crippen LogP contribution is 2.23. The Morgan fingerprint density at radius 1 is 1.55 bits per heavy atom. The predicted molar refractivity (Wildman–Crippen MR) is 47.4 cm³/mol. The molecule has 0 spiro atoms. The van der Waals surface area contributed by atoms with E-state index in [2.05, 4.69) is 30.5 Å². The monoisotopic (exact) mass is 149 g/mol. The van der Waals surface area contributed by atoms with E-state index < -0.39 is 0 Å². The van der Waals surface area contributed by atoms with Crippen LogP contribution in [0, 0.1) is 5.92 Å². The Balaban J connectivity index is 2.18. The summed E-state index contributed by atoms with van der Waals surface area (Å²) in [4.78, 5) is 0. The molecule has 0 aromatic rings. The minimum absolute atomic E-state index is 0.678. The van der Waals surface area contributed by atoms with E-state index in [9.17, 15) is 0 Å². The summed E-state index contributed by atoms with van der Waals surface area (Å²) in [7, 11) is 0. The molecule has 0 aromatic carbocycles. The fourth-order valence-electron chi connectivity index (χ4n) is 1.95. The van der Waals surface area contributed by atoms with Crippen LogP contribution in [0.1, 0.15) is 19.8 Å². The zero-order valence-electron chi connectivity index (χ0n) is 7.01. The Hall–Kier alpha value is -0.560. The molecule has 0 fully saturated rings. The van der Waals surface area contributed by atoms with Crippen LogP contribution in [-0.4, -0.2) is 12.6 Å². The molecule has 0 radical (unpaired) electrons. The minimum atomic E-state index is 0.678. The molecule has 0 saturated carbocycles. The molecule has 2 atom stereocenters. The van der Waals surface area contributed by atoms with E-state index in [0.29, 0.717) is 5.92 Å². The van der Waals surface area contributed by atoms with E-state index >= 15 is 0 Å². The molecule has 0 saturated heterocycles. The highest BCUT2D eigenvalue weighted by atomic mass is 14.9. The van der Waals surface area contributed by atoms with Gasteiger partial charge in [0, 0.05) is 18.5 Å². The summed E-state index contributed by atoms with van der Waals surface area (Å²) in [5, 5.41) is 3.55. The van der Waals surface area contributed by atoms with Gasteiger partial charge in [0.05, 0.1) is 0 Å². The first kappa shape index (κ1) is 7.11. The van der Waals surface area contributed by atoms with Gasteiger partial charge in [0.2, 0.25) is 0 Å². The summed E-state index contributed by atoms with van der Waals surface area (Å²) in [5.74, 6) is 0.678. The van der Waals surface area contributed by atoms with Crippen molar-refractivity contribution in [3.05, 3.63) is 23.8 Å². The number of hydrogen-bond donors (Lipinski definition) is 1. The van der Waals surface area contributed by atoms with E-state index in [-0.39, 0.29) is 0 Å². The van der Waals surface area contributed by atoms with Crippen LogP contribution >= 0.6 is 0 Å². The summed E-state index contributed by atoms with van der Waals surface area (Å²) in [6, 6.07) is 0.726. The van der Waals surface area contributed by atoms with E-state index in [0.717, 1.165) is 12.6 Å². The highest BCUT2D eigenvalue weighted by Gasteiger charge is 2.22. The number of allylic oxidation sites excluding steroid dienone is 1. The Morgan fingerprint density at radius 2 is 2.45 bits per heavy atom. The third kappa shape index (κ3) is 1.38. The van der Waals surface area contributed by atoms with Crippen LogP contribution in [0.4, 0.5) is 0 Å². The predicted octanol–water partition coefficient (Wildman–Crippen LogP) is 1.87. The lowest BCUT2D eigenvalue weighted by molar-refractivity contribution is 0.413. The Bertz CT molecular complexity index is 203. The molecule has 1 heteroatoms. The maximum atomic E-state index is 3.55. The van der Waals surface area contributed by atoms with Crippen molar-refractivity contribution >= 4 is 0 Å². The molecule has 2 aliphatic rings. The van der Waals surface area contributed by atoms with Gasteiger partial charge in [-0.25, -0.2) is 0 Å². The van der Waals surface area contributed by atoms with Gasteiger partial charge in [0.25, 0.3) is 0 Å². The van der Waals surface area contributed by atoms with Crippen molar-refractivity contribution in [3.63, 3.8) is 0 Å². The number of fused-ring (bicyclic) bond motifs is 1. The Labute approximate surface area is 68.2 Å². The summed E-state index contributed by atoms with van der Waals surface area (Å²) in [6.45, 7) is 3.29. The van der Waals surface area contributed by atoms with Gasteiger partial charge in [0.15, 0.2) is 0 Å². The zero-order chi connectivity index (χ0) is 7.68. The van der Waals surface area contributed by atoms with E-state index in [1.165, 1.54) is 18.4 Å². The second-order valence-corrected chi connectivity index (χ2v) is 3.58. The van der Waals surface area contributed by atoms with Crippen LogP contribution in [0.5, 0.6) is 0 Å². The molecule has 1 aliphatic carbocycles. The van der Waals surface area contributed by atoms with Gasteiger partial charge in [0.1, 0.15) is 0 Å². The molecule has 0 aromatic heterocycles. The Morgan fingerprint density at radius 3 is 3.36 bits per heavy atom. The standard InChI is InChI=1S/C10H15N/c1-8-6-9-4-2-3-5-10(9)11-7-8/h2,4,6,9-11H,3,5,7H2,1H3. The van der Waals surface area contributed by atoms with Crippen molar-refractivity contribution in [1.29, 1.82) is 0 Å². The molecule has 2 rings (SSSR count). The first-order chi connectivity index (χ1) is 5.36. The average molecular weight is 149 g/mol. The van der Waals surface area contributed by atoms with Crippen LogP contribution in [0.2, 0.25) is 0 Å². The molecular formula is C10H15N. The zero-order valence-corrected chi connectivity index (χ0v) is 7.01. The molecule has 0 bridgehead atoms. The van der Waals surface area contributed by atoms with Crippen molar-refractivity contribution in [2.75, 3.05) is 6.54 Å². The lowest BCUT2D eigenvalue weighted by Gasteiger charge is -2.31. The normalized spacial score (nSPS) is 36.3. The SMILES string of the molecule is CC1=CC2C=CCCC2NC1. The summed E-state index contributed by atoms with van der Waals surface area (Å²) in [6.07, 6.45) is 9.60. The van der Waals surface area contributed by atoms with Crippen LogP contribution < -0.4 is 5.32 Å². The van der Waals surface area contributed by atoms with Crippen molar-refractivity contribution in [3.8, 4) is 0 Å². The minimum Gasteiger partial charge on any atom is -0.309 e. The van der Waals surface area contributed by atoms with Crippen molar-refractivity contribution < 1.29 is 0 Å². The lowest BCUT2D eigenvalue weighted by Crippen LogP contribution is -2.40. The maximum absolute atomic E-state index is 3.55. The van der Waals surface area contributed by atoms with Gasteiger partial charge in [-0.15, -0.1) is 0 Å². The highest BCUT2D eigenvalue weighted by molar-refractivity contribution is 5.17. The quantitative estimate of drug-likeness (QED) is 0.518. The lowest BCUT2D eigenvalue weighted by atomic mass is 9.86. The summed E-state index contributed by atoms with van der Waals surface area (Å²) in [5.41, 5.74) is 1.48. The maximum Gasteiger partial charge on any atom is 0.0171 e. The number of rotatable bonds is 0. The third-order valence-corrected chi connectivity index (χ3v) is 2.59. The van der Waals surface area contributed by atoms with Crippen molar-refractivity contribution in [1.82, 2.24) is 5.32 Å². The van der Waals surface area contributed by atoms with Gasteiger partial charge in [-0.05, 0) is 19.8 Å². The van der Waals surface area contributed by atoms with Crippen molar-refractivity contribution in [2.45, 2.75) is 25.8 Å². The van der Waals surface area contributed by atoms with Crippen LogP contribution in [-0.2, 0) is 0 Å². The van der Waals surface area contributed by atoms with E-state index in [4.69, 9.17) is 0 Å². The molecule has 1 heterocycles. The van der Waals surface area contributed by atoms with Crippen LogP contribution in [0.3, 0.4) is 0 Å². The largest absolute Gasteiger partial charge is 0.309 e. The van der Waals surface area contributed by atoms with Crippen molar-refractivity contribution in [2.24, 2.45) is 5.92 Å². The number of hydrogen-bond acceptors (Lipinski definition) is 1. The van der Waals surface area contributed by atoms with Crippen LogP contribution in [0.25, 0.3) is 0 Å². The summed E-state index contributed by atoms with van der Waals surface area (Å²) < 4.78 is 0. The van der Waals surface area contributed by atoms with E-state index in [1.54, 1.807) is 0 Å². The van der Waals surface area contributed by atoms with E-state index in [1.807, 2.05) is 0 Å². The molecule has 11 heavy (non-hydrogen) atoms. The van der Waals surface area contributed by atoms with Gasteiger partial charge in [-0.2, -0.15) is 0 Å². The topological polar surface area (TPSA) is 12.0 Å². The molecule has 0 amide bonds. The summed E-state index contributed by atoms with van der Waals surface area (Å²) >= 11 is 0. The van der Waals surface area contributed by atoms with Gasteiger partial charge >= 0.3 is 0 Å². The second-order valence-electron chi connectivity index (χ2n) is 3.58. The average Bonchev–Trinajstić information content (AvgIpc) is 2.04. The molecule has 1 aliphatic heterocycles. The number of nitrogens with one attached hydrogen (secondary N) is 1. The smallest absolute Gasteiger partial charge is 0.0171 e. The molecular weight excluding hydrogens is 134 g/mol. The fraction of sp³-hybridized carbons (Fsp3) is 0.600. The Kier molecular flexibility index (Phi) is 1.82. The second kappa shape index (κ2) is 2.82. The van der Waals surface area contributed by atoms with Gasteiger partial charge in [-0.1, -0.05) is 23.8 Å². The molecule has 1 nitrogen and oxygen atoms in total. The molecule has 2 unspecified atom stereocenters. The third-order valence-electron chi connectivity index (χ3n) is 2.59. The molecule has 1 N–H and O–H groups in total. The van der Waals surface area contributed by atoms with Gasteiger partial charge in [-0.3, -0.25) is 0 Å². The first-order valence-corrected chi connectivity index (χ1v) is 4.43. The van der Waals surface area contributed by atoms with Gasteiger partial charge < -0.3 is 5.32 Å². The van der Waals surface area contributed by atoms with Crippen LogP contribution in [0.15, 0.2) is 23.8 Å². The first-order valence-electron chi connectivity index (χ1n) is 4.43. The fourth-order valence-corrected chi connectivity index (χ4v) is 1.95.